The summed E-state index contributed by atoms with van der Waals surface area (Å²) in [6.07, 6.45) is 1.63. The van der Waals surface area contributed by atoms with Gasteiger partial charge in [0.05, 0.1) is 12.1 Å². The molecule has 1 aliphatic rings. The zero-order valence-electron chi connectivity index (χ0n) is 12.5. The van der Waals surface area contributed by atoms with E-state index in [1.165, 1.54) is 6.07 Å². The quantitative estimate of drug-likeness (QED) is 0.767. The van der Waals surface area contributed by atoms with Crippen molar-refractivity contribution in [3.05, 3.63) is 35.7 Å². The third-order valence-electron chi connectivity index (χ3n) is 3.83. The average molecular weight is 324 g/mol. The van der Waals surface area contributed by atoms with Crippen molar-refractivity contribution in [1.82, 2.24) is 20.8 Å². The van der Waals surface area contributed by atoms with Gasteiger partial charge in [-0.1, -0.05) is 11.2 Å². The van der Waals surface area contributed by atoms with E-state index in [1.54, 1.807) is 0 Å². The third-order valence-corrected chi connectivity index (χ3v) is 3.83. The van der Waals surface area contributed by atoms with Crippen LogP contribution in [0.15, 0.2) is 22.7 Å². The molecular formula is C15H18F2N4O2. The van der Waals surface area contributed by atoms with Crippen molar-refractivity contribution in [3.8, 4) is 11.5 Å². The van der Waals surface area contributed by atoms with Gasteiger partial charge in [-0.05, 0) is 31.5 Å². The molecule has 1 atom stereocenters. The van der Waals surface area contributed by atoms with E-state index in [4.69, 9.17) is 4.52 Å². The van der Waals surface area contributed by atoms with Gasteiger partial charge in [0.25, 0.3) is 5.89 Å². The molecule has 3 N–H and O–H groups in total. The fraction of sp³-hybridized carbons (Fsp3) is 0.467. The number of aliphatic hydroxyl groups is 1. The summed E-state index contributed by atoms with van der Waals surface area (Å²) in [6.45, 7) is 2.04. The van der Waals surface area contributed by atoms with Crippen molar-refractivity contribution in [2.75, 3.05) is 19.6 Å². The van der Waals surface area contributed by atoms with Crippen LogP contribution in [0.2, 0.25) is 0 Å². The number of rotatable bonds is 5. The molecule has 0 aliphatic carbocycles. The minimum atomic E-state index is -0.803. The predicted molar refractivity (Wildman–Crippen MR) is 78.4 cm³/mol. The first-order valence-electron chi connectivity index (χ1n) is 7.48. The molecule has 1 aromatic heterocycles. The van der Waals surface area contributed by atoms with E-state index in [0.717, 1.165) is 25.1 Å². The Hall–Kier alpha value is -1.90. The van der Waals surface area contributed by atoms with Gasteiger partial charge in [-0.3, -0.25) is 0 Å². The molecule has 1 saturated heterocycles. The first-order valence-corrected chi connectivity index (χ1v) is 7.48. The number of aromatic nitrogens is 2. The van der Waals surface area contributed by atoms with Crippen molar-refractivity contribution < 1.29 is 18.4 Å². The summed E-state index contributed by atoms with van der Waals surface area (Å²) in [4.78, 5) is 3.99. The van der Waals surface area contributed by atoms with Crippen LogP contribution >= 0.6 is 0 Å². The molecule has 1 fully saturated rings. The maximum atomic E-state index is 13.7. The largest absolute Gasteiger partial charge is 0.387 e. The number of hydrogen-bond acceptors (Lipinski definition) is 6. The van der Waals surface area contributed by atoms with Gasteiger partial charge in [-0.2, -0.15) is 4.98 Å². The van der Waals surface area contributed by atoms with Gasteiger partial charge in [-0.15, -0.1) is 0 Å². The van der Waals surface area contributed by atoms with Gasteiger partial charge in [0.15, 0.2) is 5.82 Å². The lowest BCUT2D eigenvalue weighted by molar-refractivity contribution is 0.0167. The number of nitrogens with zero attached hydrogens (tertiary/aromatic N) is 2. The molecule has 6 nitrogen and oxygen atoms in total. The Morgan fingerprint density at radius 1 is 1.35 bits per heavy atom. The van der Waals surface area contributed by atoms with Crippen molar-refractivity contribution in [2.45, 2.75) is 25.0 Å². The lowest BCUT2D eigenvalue weighted by Gasteiger charge is -2.32. The molecule has 1 aliphatic heterocycles. The molecule has 0 saturated carbocycles. The number of β-amino-alcohol motifs (C(OH)–C–C–N with tert-alkyl or cyclic N) is 1. The summed E-state index contributed by atoms with van der Waals surface area (Å²) in [7, 11) is 0. The van der Waals surface area contributed by atoms with Crippen molar-refractivity contribution >= 4 is 0 Å². The van der Waals surface area contributed by atoms with Crippen LogP contribution in [0.1, 0.15) is 18.7 Å². The van der Waals surface area contributed by atoms with Crippen molar-refractivity contribution in [2.24, 2.45) is 0 Å². The topological polar surface area (TPSA) is 83.2 Å². The van der Waals surface area contributed by atoms with Gasteiger partial charge in [0.2, 0.25) is 0 Å². The lowest BCUT2D eigenvalue weighted by atomic mass is 9.94. The Labute approximate surface area is 131 Å². The average Bonchev–Trinajstić information content (AvgIpc) is 2.96. The van der Waals surface area contributed by atoms with Crippen LogP contribution in [0.5, 0.6) is 0 Å². The first-order chi connectivity index (χ1) is 11.1. The van der Waals surface area contributed by atoms with Crippen molar-refractivity contribution in [1.29, 1.82) is 0 Å². The van der Waals surface area contributed by atoms with Crippen LogP contribution in [0, 0.1) is 11.6 Å². The maximum Gasteiger partial charge on any atom is 0.263 e. The monoisotopic (exact) mass is 324 g/mol. The summed E-state index contributed by atoms with van der Waals surface area (Å²) in [6, 6.07) is 3.53. The van der Waals surface area contributed by atoms with Crippen LogP contribution < -0.4 is 10.6 Å². The van der Waals surface area contributed by atoms with E-state index in [-0.39, 0.29) is 23.8 Å². The lowest BCUT2D eigenvalue weighted by Crippen LogP contribution is -2.51. The highest BCUT2D eigenvalue weighted by Gasteiger charge is 2.28. The first kappa shape index (κ1) is 16.0. The minimum absolute atomic E-state index is 0.199. The highest BCUT2D eigenvalue weighted by molar-refractivity contribution is 5.54. The summed E-state index contributed by atoms with van der Waals surface area (Å²) in [5.41, 5.74) is -1.14. The number of halogens is 2. The summed E-state index contributed by atoms with van der Waals surface area (Å²) >= 11 is 0. The van der Waals surface area contributed by atoms with E-state index in [1.807, 2.05) is 0 Å². The second-order valence-corrected chi connectivity index (χ2v) is 5.72. The second-order valence-electron chi connectivity index (χ2n) is 5.72. The molecular weight excluding hydrogens is 306 g/mol. The molecule has 0 spiro atoms. The Bertz CT molecular complexity index is 651. The van der Waals surface area contributed by atoms with Crippen molar-refractivity contribution in [3.63, 3.8) is 0 Å². The number of nitrogens with one attached hydrogen (secondary N) is 2. The Morgan fingerprint density at radius 2 is 2.13 bits per heavy atom. The Balaban J connectivity index is 1.61. The smallest absolute Gasteiger partial charge is 0.263 e. The van der Waals surface area contributed by atoms with Crippen LogP contribution in [0.4, 0.5) is 8.78 Å². The molecule has 0 amide bonds. The van der Waals surface area contributed by atoms with Gasteiger partial charge in [0, 0.05) is 13.1 Å². The summed E-state index contributed by atoms with van der Waals surface area (Å²) in [5.74, 6) is -1.43. The van der Waals surface area contributed by atoms with E-state index in [2.05, 4.69) is 20.8 Å². The highest BCUT2D eigenvalue weighted by atomic mass is 19.1. The molecule has 8 heteroatoms. The van der Waals surface area contributed by atoms with Gasteiger partial charge < -0.3 is 20.3 Å². The van der Waals surface area contributed by atoms with Crippen LogP contribution in [0.25, 0.3) is 11.5 Å². The molecule has 0 radical (unpaired) electrons. The molecule has 23 heavy (non-hydrogen) atoms. The molecule has 2 heterocycles. The molecule has 1 aromatic carbocycles. The fourth-order valence-corrected chi connectivity index (χ4v) is 2.64. The van der Waals surface area contributed by atoms with E-state index < -0.39 is 17.2 Å². The molecule has 2 aromatic rings. The molecule has 124 valence electrons. The van der Waals surface area contributed by atoms with Gasteiger partial charge in [-0.25, -0.2) is 8.78 Å². The van der Waals surface area contributed by atoms with E-state index >= 15 is 0 Å². The zero-order chi connectivity index (χ0) is 16.3. The zero-order valence-corrected chi connectivity index (χ0v) is 12.5. The number of benzene rings is 1. The number of piperidine rings is 1. The van der Waals surface area contributed by atoms with Crippen LogP contribution in [-0.4, -0.2) is 40.5 Å². The summed E-state index contributed by atoms with van der Waals surface area (Å²) < 4.78 is 32.3. The standard InChI is InChI=1S/C15H18F2N4O2/c16-10-3-1-4-11(17)13(10)14-20-12(21-23-14)7-19-9-15(22)5-2-6-18-8-15/h1,3-4,18-19,22H,2,5-9H2/t15-/m1/s1. The van der Waals surface area contributed by atoms with Crippen LogP contribution in [0.3, 0.4) is 0 Å². The van der Waals surface area contributed by atoms with Crippen LogP contribution in [-0.2, 0) is 6.54 Å². The second kappa shape index (κ2) is 6.69. The fourth-order valence-electron chi connectivity index (χ4n) is 2.64. The van der Waals surface area contributed by atoms with Gasteiger partial charge >= 0.3 is 0 Å². The SMILES string of the molecule is O[C@]1(CNCc2noc(-c3c(F)cccc3F)n2)CCCNC1. The van der Waals surface area contributed by atoms with Gasteiger partial charge in [0.1, 0.15) is 17.2 Å². The Morgan fingerprint density at radius 3 is 2.83 bits per heavy atom. The minimum Gasteiger partial charge on any atom is -0.387 e. The highest BCUT2D eigenvalue weighted by Crippen LogP contribution is 2.24. The summed E-state index contributed by atoms with van der Waals surface area (Å²) in [5, 5.41) is 20.2. The van der Waals surface area contributed by atoms with E-state index in [9.17, 15) is 13.9 Å². The maximum absolute atomic E-state index is 13.7. The number of hydrogen-bond donors (Lipinski definition) is 3. The normalized spacial score (nSPS) is 21.5. The predicted octanol–water partition coefficient (Wildman–Crippen LogP) is 1.22. The molecule has 3 rings (SSSR count). The molecule has 0 unspecified atom stereocenters. The third kappa shape index (κ3) is 3.72. The van der Waals surface area contributed by atoms with E-state index in [0.29, 0.717) is 19.5 Å². The molecule has 0 bridgehead atoms. The Kier molecular flexibility index (Phi) is 4.65.